The molecule has 2 nitrogen and oxygen atoms in total. The largest absolute Gasteiger partial charge is 0.379 e. The standard InChI is InChI=1S/C14H18ClNOS/c1-11(2)14-13(15)10-12(18-14)4-3-5-16-6-8-17-9-7-16/h10-11H,5-9H2,1-2H3. The summed E-state index contributed by atoms with van der Waals surface area (Å²) in [6, 6.07) is 1.98. The van der Waals surface area contributed by atoms with E-state index in [-0.39, 0.29) is 0 Å². The zero-order valence-corrected chi connectivity index (χ0v) is 12.4. The molecule has 0 aromatic carbocycles. The van der Waals surface area contributed by atoms with Crippen molar-refractivity contribution in [2.24, 2.45) is 0 Å². The fourth-order valence-electron chi connectivity index (χ4n) is 1.84. The van der Waals surface area contributed by atoms with E-state index in [1.807, 2.05) is 6.07 Å². The second-order valence-electron chi connectivity index (χ2n) is 4.67. The minimum absolute atomic E-state index is 0.470. The monoisotopic (exact) mass is 283 g/mol. The first kappa shape index (κ1) is 13.9. The average Bonchev–Trinajstić information content (AvgIpc) is 2.72. The molecular formula is C14H18ClNOS. The molecular weight excluding hydrogens is 266 g/mol. The maximum Gasteiger partial charge on any atom is 0.0787 e. The van der Waals surface area contributed by atoms with Crippen LogP contribution in [0, 0.1) is 11.8 Å². The first-order valence-electron chi connectivity index (χ1n) is 6.25. The number of morpholine rings is 1. The summed E-state index contributed by atoms with van der Waals surface area (Å²) in [7, 11) is 0. The number of nitrogens with zero attached hydrogens (tertiary/aromatic N) is 1. The van der Waals surface area contributed by atoms with Crippen LogP contribution in [0.5, 0.6) is 0 Å². The molecule has 0 amide bonds. The molecule has 18 heavy (non-hydrogen) atoms. The molecule has 0 bridgehead atoms. The first-order valence-corrected chi connectivity index (χ1v) is 7.44. The zero-order chi connectivity index (χ0) is 13.0. The highest BCUT2D eigenvalue weighted by molar-refractivity contribution is 7.13. The highest BCUT2D eigenvalue weighted by atomic mass is 35.5. The van der Waals surface area contributed by atoms with Gasteiger partial charge in [0.2, 0.25) is 0 Å². The molecule has 1 aromatic heterocycles. The highest BCUT2D eigenvalue weighted by Gasteiger charge is 2.10. The van der Waals surface area contributed by atoms with Gasteiger partial charge >= 0.3 is 0 Å². The Bertz CT molecular complexity index is 452. The van der Waals surface area contributed by atoms with Crippen molar-refractivity contribution in [3.63, 3.8) is 0 Å². The Kier molecular flexibility index (Phi) is 5.08. The van der Waals surface area contributed by atoms with Gasteiger partial charge in [-0.1, -0.05) is 37.3 Å². The minimum atomic E-state index is 0.470. The maximum absolute atomic E-state index is 6.18. The molecule has 1 aliphatic heterocycles. The van der Waals surface area contributed by atoms with E-state index < -0.39 is 0 Å². The quantitative estimate of drug-likeness (QED) is 0.773. The number of rotatable bonds is 2. The van der Waals surface area contributed by atoms with Gasteiger partial charge in [0, 0.05) is 18.0 Å². The van der Waals surface area contributed by atoms with Crippen LogP contribution >= 0.6 is 22.9 Å². The summed E-state index contributed by atoms with van der Waals surface area (Å²) in [5.41, 5.74) is 0. The molecule has 0 radical (unpaired) electrons. The van der Waals surface area contributed by atoms with Crippen molar-refractivity contribution in [3.05, 3.63) is 20.8 Å². The van der Waals surface area contributed by atoms with Crippen LogP contribution in [-0.4, -0.2) is 37.7 Å². The normalized spacial score (nSPS) is 16.7. The Morgan fingerprint density at radius 2 is 2.17 bits per heavy atom. The van der Waals surface area contributed by atoms with E-state index >= 15 is 0 Å². The van der Waals surface area contributed by atoms with Crippen LogP contribution in [0.15, 0.2) is 6.07 Å². The van der Waals surface area contributed by atoms with Gasteiger partial charge in [-0.25, -0.2) is 0 Å². The second-order valence-corrected chi connectivity index (χ2v) is 6.16. The van der Waals surface area contributed by atoms with Crippen LogP contribution in [0.4, 0.5) is 0 Å². The first-order chi connectivity index (χ1) is 8.66. The van der Waals surface area contributed by atoms with Crippen LogP contribution < -0.4 is 0 Å². The number of hydrogen-bond donors (Lipinski definition) is 0. The lowest BCUT2D eigenvalue weighted by molar-refractivity contribution is 0.0443. The number of thiophene rings is 1. The van der Waals surface area contributed by atoms with Crippen molar-refractivity contribution in [1.29, 1.82) is 0 Å². The van der Waals surface area contributed by atoms with Gasteiger partial charge in [-0.2, -0.15) is 0 Å². The number of ether oxygens (including phenoxy) is 1. The summed E-state index contributed by atoms with van der Waals surface area (Å²) in [5, 5.41) is 0.852. The van der Waals surface area contributed by atoms with E-state index in [0.29, 0.717) is 5.92 Å². The van der Waals surface area contributed by atoms with Crippen molar-refractivity contribution in [2.75, 3.05) is 32.8 Å². The fourth-order valence-corrected chi connectivity index (χ4v) is 3.27. The molecule has 1 fully saturated rings. The molecule has 4 heteroatoms. The Hall–Kier alpha value is -0.530. The van der Waals surface area contributed by atoms with Gasteiger partial charge in [-0.05, 0) is 12.0 Å². The lowest BCUT2D eigenvalue weighted by Gasteiger charge is -2.24. The van der Waals surface area contributed by atoms with Crippen molar-refractivity contribution < 1.29 is 4.74 Å². The summed E-state index contributed by atoms with van der Waals surface area (Å²) < 4.78 is 5.30. The molecule has 0 unspecified atom stereocenters. The lowest BCUT2D eigenvalue weighted by Crippen LogP contribution is -2.36. The summed E-state index contributed by atoms with van der Waals surface area (Å²) in [4.78, 5) is 4.61. The number of halogens is 1. The Morgan fingerprint density at radius 3 is 2.78 bits per heavy atom. The van der Waals surface area contributed by atoms with E-state index in [1.54, 1.807) is 11.3 Å². The van der Waals surface area contributed by atoms with Crippen molar-refractivity contribution in [1.82, 2.24) is 4.90 Å². The predicted octanol–water partition coefficient (Wildman–Crippen LogP) is 3.21. The zero-order valence-electron chi connectivity index (χ0n) is 10.8. The van der Waals surface area contributed by atoms with Crippen LogP contribution in [0.3, 0.4) is 0 Å². The summed E-state index contributed by atoms with van der Waals surface area (Å²) in [5.74, 6) is 6.90. The highest BCUT2D eigenvalue weighted by Crippen LogP contribution is 2.32. The van der Waals surface area contributed by atoms with Crippen molar-refractivity contribution >= 4 is 22.9 Å². The fraction of sp³-hybridized carbons (Fsp3) is 0.571. The molecule has 2 rings (SSSR count). The van der Waals surface area contributed by atoms with Crippen molar-refractivity contribution in [3.8, 4) is 11.8 Å². The van der Waals surface area contributed by atoms with Crippen LogP contribution in [0.2, 0.25) is 5.02 Å². The second kappa shape index (κ2) is 6.58. The molecule has 98 valence electrons. The third-order valence-electron chi connectivity index (χ3n) is 2.86. The molecule has 0 saturated carbocycles. The smallest absolute Gasteiger partial charge is 0.0787 e. The summed E-state index contributed by atoms with van der Waals surface area (Å²) in [6.07, 6.45) is 0. The molecule has 2 heterocycles. The van der Waals surface area contributed by atoms with Crippen molar-refractivity contribution in [2.45, 2.75) is 19.8 Å². The molecule has 1 aliphatic rings. The Balaban J connectivity index is 1.94. The third kappa shape index (κ3) is 3.73. The van der Waals surface area contributed by atoms with E-state index in [2.05, 4.69) is 30.6 Å². The molecule has 1 saturated heterocycles. The molecule has 0 spiro atoms. The molecule has 0 atom stereocenters. The minimum Gasteiger partial charge on any atom is -0.379 e. The van der Waals surface area contributed by atoms with Gasteiger partial charge in [0.15, 0.2) is 0 Å². The summed E-state index contributed by atoms with van der Waals surface area (Å²) >= 11 is 7.89. The number of hydrogen-bond acceptors (Lipinski definition) is 3. The molecule has 0 aliphatic carbocycles. The summed E-state index contributed by atoms with van der Waals surface area (Å²) in [6.45, 7) is 8.74. The SMILES string of the molecule is CC(C)c1sc(C#CCN2CCOCC2)cc1Cl. The van der Waals surface area contributed by atoms with Gasteiger partial charge in [0.05, 0.1) is 29.7 Å². The predicted molar refractivity (Wildman–Crippen MR) is 77.6 cm³/mol. The molecule has 1 aromatic rings. The average molecular weight is 284 g/mol. The topological polar surface area (TPSA) is 12.5 Å². The Morgan fingerprint density at radius 1 is 1.44 bits per heavy atom. The van der Waals surface area contributed by atoms with Crippen LogP contribution in [0.25, 0.3) is 0 Å². The third-order valence-corrected chi connectivity index (χ3v) is 4.63. The van der Waals surface area contributed by atoms with E-state index in [4.69, 9.17) is 16.3 Å². The van der Waals surface area contributed by atoms with E-state index in [1.165, 1.54) is 4.88 Å². The lowest BCUT2D eigenvalue weighted by atomic mass is 10.2. The van der Waals surface area contributed by atoms with Gasteiger partial charge < -0.3 is 4.74 Å². The van der Waals surface area contributed by atoms with Gasteiger partial charge in [-0.15, -0.1) is 11.3 Å². The van der Waals surface area contributed by atoms with Crippen LogP contribution in [0.1, 0.15) is 29.5 Å². The van der Waals surface area contributed by atoms with Crippen LogP contribution in [-0.2, 0) is 4.74 Å². The van der Waals surface area contributed by atoms with E-state index in [0.717, 1.165) is 42.7 Å². The van der Waals surface area contributed by atoms with E-state index in [9.17, 15) is 0 Å². The Labute approximate surface area is 118 Å². The molecule has 0 N–H and O–H groups in total. The van der Waals surface area contributed by atoms with Gasteiger partial charge in [0.1, 0.15) is 0 Å². The van der Waals surface area contributed by atoms with Gasteiger partial charge in [0.25, 0.3) is 0 Å². The van der Waals surface area contributed by atoms with Gasteiger partial charge in [-0.3, -0.25) is 4.90 Å². The maximum atomic E-state index is 6.18.